The summed E-state index contributed by atoms with van der Waals surface area (Å²) in [6.45, 7) is 0. The Kier molecular flexibility index (Phi) is 2.21. The van der Waals surface area contributed by atoms with Crippen LogP contribution >= 0.6 is 0 Å². The van der Waals surface area contributed by atoms with Crippen molar-refractivity contribution >= 4 is 5.69 Å². The Bertz CT molecular complexity index is 505. The topological polar surface area (TPSA) is 61.0 Å². The second-order valence-corrected chi connectivity index (χ2v) is 3.15. The third kappa shape index (κ3) is 1.71. The van der Waals surface area contributed by atoms with Gasteiger partial charge in [-0.1, -0.05) is 12.1 Å². The number of nitrogens with zero attached hydrogens (tertiary/aromatic N) is 3. The molecule has 0 radical (unpaired) electrons. The Morgan fingerprint density at radius 3 is 2.67 bits per heavy atom. The van der Waals surface area contributed by atoms with Crippen molar-refractivity contribution in [3.63, 3.8) is 0 Å². The number of rotatable bonds is 2. The second kappa shape index (κ2) is 3.53. The summed E-state index contributed by atoms with van der Waals surface area (Å²) in [6, 6.07) is 8.33. The summed E-state index contributed by atoms with van der Waals surface area (Å²) in [6.07, 6.45) is 1.76. The van der Waals surface area contributed by atoms with Crippen LogP contribution < -0.4 is 0 Å². The van der Waals surface area contributed by atoms with Gasteiger partial charge in [-0.25, -0.2) is 0 Å². The monoisotopic (exact) mass is 203 g/mol. The number of nitro benzene ring substituents is 1. The van der Waals surface area contributed by atoms with E-state index in [4.69, 9.17) is 0 Å². The molecule has 0 N–H and O–H groups in total. The Labute approximate surface area is 86.1 Å². The van der Waals surface area contributed by atoms with Gasteiger partial charge >= 0.3 is 0 Å². The van der Waals surface area contributed by atoms with E-state index in [1.807, 2.05) is 0 Å². The summed E-state index contributed by atoms with van der Waals surface area (Å²) < 4.78 is 1.62. The van der Waals surface area contributed by atoms with E-state index in [9.17, 15) is 10.1 Å². The van der Waals surface area contributed by atoms with Gasteiger partial charge in [0.15, 0.2) is 0 Å². The van der Waals surface area contributed by atoms with Gasteiger partial charge in [0.1, 0.15) is 0 Å². The molecule has 2 rings (SSSR count). The first-order valence-corrected chi connectivity index (χ1v) is 4.42. The highest BCUT2D eigenvalue weighted by molar-refractivity contribution is 5.69. The standard InChI is InChI=1S/C10H9N3O2/c1-12-7-6-9(11-12)8-4-2-3-5-10(8)13(14)15/h2-7H,1H3. The fraction of sp³-hybridized carbons (Fsp3) is 0.100. The van der Waals surface area contributed by atoms with Crippen molar-refractivity contribution in [1.82, 2.24) is 9.78 Å². The van der Waals surface area contributed by atoms with Crippen LogP contribution in [0, 0.1) is 10.1 Å². The van der Waals surface area contributed by atoms with Crippen LogP contribution in [0.1, 0.15) is 0 Å². The quantitative estimate of drug-likeness (QED) is 0.554. The van der Waals surface area contributed by atoms with Gasteiger partial charge in [-0.05, 0) is 12.1 Å². The Hall–Kier alpha value is -2.17. The van der Waals surface area contributed by atoms with E-state index in [2.05, 4.69) is 5.10 Å². The minimum atomic E-state index is -0.399. The van der Waals surface area contributed by atoms with Gasteiger partial charge < -0.3 is 0 Å². The van der Waals surface area contributed by atoms with E-state index >= 15 is 0 Å². The Morgan fingerprint density at radius 2 is 2.07 bits per heavy atom. The van der Waals surface area contributed by atoms with Gasteiger partial charge in [0, 0.05) is 19.3 Å². The third-order valence-electron chi connectivity index (χ3n) is 2.09. The van der Waals surface area contributed by atoms with Crippen LogP contribution in [0.5, 0.6) is 0 Å². The number of hydrogen-bond donors (Lipinski definition) is 0. The van der Waals surface area contributed by atoms with Gasteiger partial charge in [-0.3, -0.25) is 14.8 Å². The maximum atomic E-state index is 10.8. The highest BCUT2D eigenvalue weighted by Crippen LogP contribution is 2.27. The number of aryl methyl sites for hydroxylation is 1. The van der Waals surface area contributed by atoms with Crippen LogP contribution in [-0.4, -0.2) is 14.7 Å². The zero-order valence-electron chi connectivity index (χ0n) is 8.12. The molecule has 5 heteroatoms. The van der Waals surface area contributed by atoms with Crippen LogP contribution in [-0.2, 0) is 7.05 Å². The molecule has 2 aromatic rings. The summed E-state index contributed by atoms with van der Waals surface area (Å²) in [5.41, 5.74) is 1.24. The van der Waals surface area contributed by atoms with Crippen molar-refractivity contribution in [1.29, 1.82) is 0 Å². The van der Waals surface area contributed by atoms with Crippen molar-refractivity contribution in [2.75, 3.05) is 0 Å². The van der Waals surface area contributed by atoms with Gasteiger partial charge in [0.2, 0.25) is 0 Å². The van der Waals surface area contributed by atoms with Crippen molar-refractivity contribution in [2.45, 2.75) is 0 Å². The zero-order chi connectivity index (χ0) is 10.8. The van der Waals surface area contributed by atoms with E-state index < -0.39 is 4.92 Å². The summed E-state index contributed by atoms with van der Waals surface area (Å²) in [7, 11) is 1.78. The molecule has 0 bridgehead atoms. The molecule has 0 saturated carbocycles. The van der Waals surface area contributed by atoms with E-state index in [1.165, 1.54) is 6.07 Å². The first kappa shape index (κ1) is 9.39. The summed E-state index contributed by atoms with van der Waals surface area (Å²) >= 11 is 0. The van der Waals surface area contributed by atoms with Gasteiger partial charge in [0.25, 0.3) is 5.69 Å². The lowest BCUT2D eigenvalue weighted by atomic mass is 10.1. The molecular weight excluding hydrogens is 194 g/mol. The maximum absolute atomic E-state index is 10.8. The smallest absolute Gasteiger partial charge is 0.275 e. The molecule has 0 unspecified atom stereocenters. The van der Waals surface area contributed by atoms with Crippen molar-refractivity contribution in [2.24, 2.45) is 7.05 Å². The molecule has 5 nitrogen and oxygen atoms in total. The number of para-hydroxylation sites is 1. The molecule has 0 saturated heterocycles. The van der Waals surface area contributed by atoms with Crippen molar-refractivity contribution in [3.05, 3.63) is 46.6 Å². The number of hydrogen-bond acceptors (Lipinski definition) is 3. The van der Waals surface area contributed by atoms with Gasteiger partial charge in [0.05, 0.1) is 16.2 Å². The molecule has 1 aromatic carbocycles. The molecule has 0 amide bonds. The fourth-order valence-electron chi connectivity index (χ4n) is 1.41. The Morgan fingerprint density at radius 1 is 1.33 bits per heavy atom. The minimum absolute atomic E-state index is 0.0798. The predicted molar refractivity (Wildman–Crippen MR) is 55.3 cm³/mol. The lowest BCUT2D eigenvalue weighted by Crippen LogP contribution is -1.93. The van der Waals surface area contributed by atoms with E-state index in [1.54, 1.807) is 42.2 Å². The SMILES string of the molecule is Cn1ccc(-c2ccccc2[N+](=O)[O-])n1. The molecule has 76 valence electrons. The normalized spacial score (nSPS) is 10.2. The average molecular weight is 203 g/mol. The molecule has 0 spiro atoms. The lowest BCUT2D eigenvalue weighted by molar-refractivity contribution is -0.384. The van der Waals surface area contributed by atoms with Crippen molar-refractivity contribution in [3.8, 4) is 11.3 Å². The molecule has 1 heterocycles. The zero-order valence-corrected chi connectivity index (χ0v) is 8.12. The summed E-state index contributed by atoms with van der Waals surface area (Å²) in [4.78, 5) is 10.4. The maximum Gasteiger partial charge on any atom is 0.278 e. The van der Waals surface area contributed by atoms with Crippen LogP contribution in [0.3, 0.4) is 0 Å². The summed E-state index contributed by atoms with van der Waals surface area (Å²) in [5, 5.41) is 14.9. The first-order chi connectivity index (χ1) is 7.18. The van der Waals surface area contributed by atoms with E-state index in [0.29, 0.717) is 11.3 Å². The number of aromatic nitrogens is 2. The fourth-order valence-corrected chi connectivity index (χ4v) is 1.41. The number of nitro groups is 1. The minimum Gasteiger partial charge on any atom is -0.275 e. The van der Waals surface area contributed by atoms with Crippen LogP contribution in [0.15, 0.2) is 36.5 Å². The highest BCUT2D eigenvalue weighted by atomic mass is 16.6. The van der Waals surface area contributed by atoms with E-state index in [0.717, 1.165) is 0 Å². The molecule has 15 heavy (non-hydrogen) atoms. The molecule has 0 atom stereocenters. The van der Waals surface area contributed by atoms with Crippen LogP contribution in [0.2, 0.25) is 0 Å². The summed E-state index contributed by atoms with van der Waals surface area (Å²) in [5.74, 6) is 0. The largest absolute Gasteiger partial charge is 0.278 e. The average Bonchev–Trinajstić information content (AvgIpc) is 2.65. The second-order valence-electron chi connectivity index (χ2n) is 3.15. The molecule has 1 aromatic heterocycles. The Balaban J connectivity index is 2.57. The first-order valence-electron chi connectivity index (χ1n) is 4.42. The molecule has 0 aliphatic rings. The van der Waals surface area contributed by atoms with Crippen molar-refractivity contribution < 1.29 is 4.92 Å². The molecule has 0 aliphatic carbocycles. The lowest BCUT2D eigenvalue weighted by Gasteiger charge is -1.98. The highest BCUT2D eigenvalue weighted by Gasteiger charge is 2.15. The predicted octanol–water partition coefficient (Wildman–Crippen LogP) is 2.00. The van der Waals surface area contributed by atoms with Crippen LogP contribution in [0.4, 0.5) is 5.69 Å². The third-order valence-corrected chi connectivity index (χ3v) is 2.09. The molecule has 0 fully saturated rings. The van der Waals surface area contributed by atoms with E-state index in [-0.39, 0.29) is 5.69 Å². The molecule has 0 aliphatic heterocycles. The van der Waals surface area contributed by atoms with Gasteiger partial charge in [-0.15, -0.1) is 0 Å². The molecular formula is C10H9N3O2. The van der Waals surface area contributed by atoms with Crippen LogP contribution in [0.25, 0.3) is 11.3 Å². The van der Waals surface area contributed by atoms with Gasteiger partial charge in [-0.2, -0.15) is 5.10 Å². The number of benzene rings is 1.